The molecule has 210 valence electrons. The van der Waals surface area contributed by atoms with Crippen LogP contribution in [0.2, 0.25) is 0 Å². The molecule has 0 unspecified atom stereocenters. The summed E-state index contributed by atoms with van der Waals surface area (Å²) in [5.74, 6) is 1.84. The fourth-order valence-electron chi connectivity index (χ4n) is 5.16. The number of primary amides is 1. The molecule has 1 saturated heterocycles. The number of piperidine rings is 1. The molecular weight excluding hydrogens is 524 g/mol. The number of aromatic nitrogens is 4. The number of likely N-dealkylation sites (tertiary alicyclic amines) is 1. The third kappa shape index (κ3) is 6.31. The van der Waals surface area contributed by atoms with Crippen LogP contribution in [-0.2, 0) is 4.79 Å². The second-order valence-corrected chi connectivity index (χ2v) is 11.9. The summed E-state index contributed by atoms with van der Waals surface area (Å²) < 4.78 is 7.50. The van der Waals surface area contributed by atoms with Gasteiger partial charge in [-0.15, -0.1) is 11.8 Å². The Hall–Kier alpha value is -3.83. The number of nitrogens with two attached hydrogens (primary N) is 1. The molecule has 0 atom stereocenters. The van der Waals surface area contributed by atoms with Crippen molar-refractivity contribution in [3.63, 3.8) is 0 Å². The zero-order valence-electron chi connectivity index (χ0n) is 23.3. The Morgan fingerprint density at radius 3 is 2.62 bits per heavy atom. The molecule has 10 nitrogen and oxygen atoms in total. The van der Waals surface area contributed by atoms with Gasteiger partial charge < -0.3 is 21.1 Å². The Labute approximate surface area is 238 Å². The van der Waals surface area contributed by atoms with Gasteiger partial charge in [-0.1, -0.05) is 26.0 Å². The minimum Gasteiger partial charge on any atom is -0.495 e. The van der Waals surface area contributed by atoms with Crippen LogP contribution in [-0.4, -0.2) is 62.4 Å². The molecule has 3 heterocycles. The summed E-state index contributed by atoms with van der Waals surface area (Å²) in [5, 5.41) is 11.7. The first-order chi connectivity index (χ1) is 19.3. The third-order valence-corrected chi connectivity index (χ3v) is 8.07. The molecular formula is C29H36N8O2S. The van der Waals surface area contributed by atoms with E-state index >= 15 is 0 Å². The number of fused-ring (bicyclic) bond motifs is 1. The normalized spacial score (nSPS) is 14.5. The second-order valence-electron chi connectivity index (χ2n) is 10.3. The van der Waals surface area contributed by atoms with E-state index in [4.69, 9.17) is 15.5 Å². The lowest BCUT2D eigenvalue weighted by Gasteiger charge is -2.32. The van der Waals surface area contributed by atoms with E-state index in [9.17, 15) is 4.79 Å². The molecule has 0 bridgehead atoms. The summed E-state index contributed by atoms with van der Waals surface area (Å²) in [7, 11) is 1.67. The number of nitrogens with one attached hydrogen (secondary N) is 2. The number of carbonyl (C=O) groups excluding carboxylic acids is 1. The molecule has 2 aromatic carbocycles. The second kappa shape index (κ2) is 12.1. The van der Waals surface area contributed by atoms with Crippen molar-refractivity contribution < 1.29 is 9.53 Å². The number of ether oxygens (including phenoxy) is 1. The van der Waals surface area contributed by atoms with Crippen molar-refractivity contribution >= 4 is 46.6 Å². The van der Waals surface area contributed by atoms with E-state index < -0.39 is 0 Å². The van der Waals surface area contributed by atoms with Crippen molar-refractivity contribution in [2.75, 3.05) is 37.4 Å². The van der Waals surface area contributed by atoms with Crippen LogP contribution in [0.25, 0.3) is 5.65 Å². The number of benzene rings is 2. The maximum Gasteiger partial charge on any atom is 0.233 e. The number of methoxy groups -OCH3 is 1. The standard InChI is InChI=1S/C29H36N8O2S/c1-18(2)40-25-8-6-5-7-22(25)33-29-35-28(34-27-9-12-31-37(27)29)32-23-15-19(3)21(16-24(23)39-4)20-10-13-36(14-11-20)17-26(30)38/h5-9,12,15-16,18,20H,10-11,13-14,17H2,1-4H3,(H2,30,38)(H2,32,33,34,35). The van der Waals surface area contributed by atoms with Crippen molar-refractivity contribution in [2.24, 2.45) is 5.73 Å². The van der Waals surface area contributed by atoms with Gasteiger partial charge in [-0.2, -0.15) is 19.6 Å². The number of aryl methyl sites for hydroxylation is 1. The van der Waals surface area contributed by atoms with Crippen molar-refractivity contribution in [3.05, 3.63) is 59.8 Å². The number of nitrogens with zero attached hydrogens (tertiary/aromatic N) is 5. The van der Waals surface area contributed by atoms with Gasteiger partial charge in [-0.05, 0) is 74.2 Å². The first-order valence-corrected chi connectivity index (χ1v) is 14.4. The quantitative estimate of drug-likeness (QED) is 0.228. The number of hydrogen-bond donors (Lipinski definition) is 3. The average molecular weight is 561 g/mol. The van der Waals surface area contributed by atoms with Crippen molar-refractivity contribution in [1.82, 2.24) is 24.5 Å². The lowest BCUT2D eigenvalue weighted by molar-refractivity contribution is -0.119. The predicted octanol–water partition coefficient (Wildman–Crippen LogP) is 5.09. The first-order valence-electron chi connectivity index (χ1n) is 13.5. The average Bonchev–Trinajstić information content (AvgIpc) is 3.39. The van der Waals surface area contributed by atoms with Crippen LogP contribution < -0.4 is 21.1 Å². The van der Waals surface area contributed by atoms with Gasteiger partial charge in [0.05, 0.1) is 31.2 Å². The molecule has 0 spiro atoms. The van der Waals surface area contributed by atoms with E-state index in [0.717, 1.165) is 48.0 Å². The summed E-state index contributed by atoms with van der Waals surface area (Å²) in [6.45, 7) is 8.48. The molecule has 1 amide bonds. The SMILES string of the molecule is COc1cc(C2CCN(CC(N)=O)CC2)c(C)cc1Nc1nc(Nc2ccccc2SC(C)C)n2nccc2n1. The third-order valence-electron chi connectivity index (χ3n) is 6.99. The zero-order chi connectivity index (χ0) is 28.2. The van der Waals surface area contributed by atoms with Gasteiger partial charge in [0.15, 0.2) is 5.65 Å². The van der Waals surface area contributed by atoms with Crippen LogP contribution in [0.4, 0.5) is 23.3 Å². The highest BCUT2D eigenvalue weighted by Gasteiger charge is 2.24. The molecule has 0 radical (unpaired) electrons. The van der Waals surface area contributed by atoms with E-state index in [-0.39, 0.29) is 5.91 Å². The van der Waals surface area contributed by atoms with Crippen molar-refractivity contribution in [3.8, 4) is 5.75 Å². The highest BCUT2D eigenvalue weighted by atomic mass is 32.2. The highest BCUT2D eigenvalue weighted by Crippen LogP contribution is 2.38. The number of thioether (sulfide) groups is 1. The maximum atomic E-state index is 11.3. The first kappa shape index (κ1) is 27.7. The topological polar surface area (TPSA) is 123 Å². The van der Waals surface area contributed by atoms with Gasteiger partial charge >= 0.3 is 0 Å². The van der Waals surface area contributed by atoms with Gasteiger partial charge in [0.25, 0.3) is 0 Å². The number of rotatable bonds is 10. The van der Waals surface area contributed by atoms with Crippen LogP contribution in [0.15, 0.2) is 53.6 Å². The maximum absolute atomic E-state index is 11.3. The molecule has 4 aromatic rings. The lowest BCUT2D eigenvalue weighted by atomic mass is 9.86. The van der Waals surface area contributed by atoms with E-state index in [1.54, 1.807) is 29.6 Å². The van der Waals surface area contributed by atoms with Gasteiger partial charge in [-0.3, -0.25) is 9.69 Å². The number of para-hydroxylation sites is 1. The number of hydrogen-bond acceptors (Lipinski definition) is 9. The summed E-state index contributed by atoms with van der Waals surface area (Å²) in [4.78, 5) is 24.0. The molecule has 2 aromatic heterocycles. The van der Waals surface area contributed by atoms with E-state index in [2.05, 4.69) is 64.6 Å². The minimum atomic E-state index is -0.278. The number of carbonyl (C=O) groups is 1. The summed E-state index contributed by atoms with van der Waals surface area (Å²) in [5.41, 5.74) is 10.2. The Kier molecular flexibility index (Phi) is 8.41. The van der Waals surface area contributed by atoms with Crippen LogP contribution >= 0.6 is 11.8 Å². The molecule has 1 aliphatic heterocycles. The van der Waals surface area contributed by atoms with Crippen LogP contribution in [0, 0.1) is 6.92 Å². The smallest absolute Gasteiger partial charge is 0.233 e. The van der Waals surface area contributed by atoms with Crippen molar-refractivity contribution in [2.45, 2.75) is 49.7 Å². The van der Waals surface area contributed by atoms with Crippen LogP contribution in [0.3, 0.4) is 0 Å². The van der Waals surface area contributed by atoms with E-state index in [1.807, 2.05) is 24.3 Å². The molecule has 40 heavy (non-hydrogen) atoms. The molecule has 4 N–H and O–H groups in total. The Morgan fingerprint density at radius 2 is 1.90 bits per heavy atom. The van der Waals surface area contributed by atoms with E-state index in [1.165, 1.54) is 11.1 Å². The zero-order valence-corrected chi connectivity index (χ0v) is 24.2. The number of anilines is 4. The largest absolute Gasteiger partial charge is 0.495 e. The van der Waals surface area contributed by atoms with Gasteiger partial charge in [0.2, 0.25) is 17.8 Å². The van der Waals surface area contributed by atoms with E-state index in [0.29, 0.717) is 35.3 Å². The molecule has 5 rings (SSSR count). The lowest BCUT2D eigenvalue weighted by Crippen LogP contribution is -2.39. The molecule has 1 fully saturated rings. The Morgan fingerprint density at radius 1 is 1.12 bits per heavy atom. The monoisotopic (exact) mass is 560 g/mol. The van der Waals surface area contributed by atoms with Crippen LogP contribution in [0.1, 0.15) is 43.7 Å². The molecule has 0 aliphatic carbocycles. The summed E-state index contributed by atoms with van der Waals surface area (Å²) >= 11 is 1.79. The highest BCUT2D eigenvalue weighted by molar-refractivity contribution is 8.00. The van der Waals surface area contributed by atoms with Crippen molar-refractivity contribution in [1.29, 1.82) is 0 Å². The Balaban J connectivity index is 1.40. The molecule has 11 heteroatoms. The van der Waals surface area contributed by atoms with Gasteiger partial charge in [-0.25, -0.2) is 0 Å². The van der Waals surface area contributed by atoms with Gasteiger partial charge in [0.1, 0.15) is 5.75 Å². The molecule has 1 aliphatic rings. The number of amides is 1. The summed E-state index contributed by atoms with van der Waals surface area (Å²) in [6.07, 6.45) is 3.65. The molecule has 0 saturated carbocycles. The minimum absolute atomic E-state index is 0.278. The van der Waals surface area contributed by atoms with Gasteiger partial charge in [0, 0.05) is 16.2 Å². The predicted molar refractivity (Wildman–Crippen MR) is 160 cm³/mol. The fourth-order valence-corrected chi connectivity index (χ4v) is 6.07. The summed E-state index contributed by atoms with van der Waals surface area (Å²) in [6, 6.07) is 14.2. The fraction of sp³-hybridized carbons (Fsp3) is 0.379. The Bertz CT molecular complexity index is 1500. The van der Waals surface area contributed by atoms with Crippen LogP contribution in [0.5, 0.6) is 5.75 Å².